The van der Waals surface area contributed by atoms with Crippen molar-refractivity contribution in [3.05, 3.63) is 83.4 Å². The van der Waals surface area contributed by atoms with Gasteiger partial charge in [-0.3, -0.25) is 28.9 Å². The number of halogens is 2. The first-order valence-corrected chi connectivity index (χ1v) is 46.6. The van der Waals surface area contributed by atoms with E-state index in [2.05, 4.69) is 60.3 Å². The molecule has 4 aliphatic heterocycles. The number of amides is 6. The van der Waals surface area contributed by atoms with Crippen molar-refractivity contribution >= 4 is 122 Å². The number of alkyl carbamates (subject to hydrolysis) is 2. The van der Waals surface area contributed by atoms with Crippen molar-refractivity contribution in [2.24, 2.45) is 46.3 Å². The Bertz CT molecular complexity index is 5190. The lowest BCUT2D eigenvalue weighted by molar-refractivity contribution is -0.148. The number of carboxylic acids is 1. The van der Waals surface area contributed by atoms with Gasteiger partial charge in [-0.05, 0) is 157 Å². The Morgan fingerprint density at radius 2 is 1.12 bits per heavy atom. The van der Waals surface area contributed by atoms with Gasteiger partial charge in [-0.1, -0.05) is 76.9 Å². The van der Waals surface area contributed by atoms with Crippen molar-refractivity contribution in [1.29, 1.82) is 0 Å². The molecule has 6 aromatic rings. The number of anilines is 2. The van der Waals surface area contributed by atoms with E-state index in [1.807, 2.05) is 59.9 Å². The van der Waals surface area contributed by atoms with Crippen LogP contribution in [0.2, 0.25) is 10.0 Å². The molecule has 18 atom stereocenters. The van der Waals surface area contributed by atoms with Crippen LogP contribution in [0.4, 0.5) is 20.7 Å². The van der Waals surface area contributed by atoms with Crippen molar-refractivity contribution in [2.45, 2.75) is 230 Å². The Kier molecular flexibility index (Phi) is 29.6. The molecule has 2 aromatic carbocycles. The number of fused-ring (bicyclic) bond motifs is 4. The number of hydrogen-bond donors (Lipinski definition) is 8. The fourth-order valence-electron chi connectivity index (χ4n) is 18.6. The molecule has 6 amide bonds. The van der Waals surface area contributed by atoms with E-state index in [0.717, 1.165) is 69.8 Å². The number of esters is 1. The molecule has 4 saturated heterocycles. The predicted molar refractivity (Wildman–Crippen MR) is 487 cm³/mol. The van der Waals surface area contributed by atoms with Gasteiger partial charge in [-0.15, -0.1) is 24.5 Å². The highest BCUT2D eigenvalue weighted by Gasteiger charge is 2.64. The minimum Gasteiger partial charge on any atom is -0.491 e. The van der Waals surface area contributed by atoms with Crippen molar-refractivity contribution in [3.63, 3.8) is 0 Å². The first-order valence-electron chi connectivity index (χ1n) is 44.9. The molecule has 130 heavy (non-hydrogen) atoms. The number of benzene rings is 2. The standard InChI is InChI=1S/C47H62ClN7O9S.C41H49ClN6O10.C5H11NO/c1-9-28-21-47(28,43(58)61-8)53-41(56)35-19-31(23-55(35)42(57)40(46(4,5)6)52-45(59)64-30-17-26-16-27(26)18-30)63-37-20-33(34-24-65-44(51-34)49-25(2)3)50-39-32(37)10-11-36(38(39)48)62-15-14-54-13-12-29(22-54)60-7;1-7-23-17-41(23,37(52)53)47-35(50)29-15-25(18-48(29)36(51)34(40(4,5)6)46-39(54)58-24-13-21-12-22(21)14-24)57-31-16-27(28-19-56-38(45-28)43-20(2)3)44-33-26(31)8-9-30(32(33)42)55-11-10-49;1-7-5-2-3-6-4-5/h9-11,20,24-31,35,40H,1,12-19,21-23H2,2-8H3,(H,49,51)(H,52,59)(H,53,56);7-10,16,19-25,29,34H,1,11-15,17-18H2,2-6H3,(H,43,45)(H,46,54)(H,47,50)(H,52,53);5-6H,2-4H2,1H3/t26-,27+,28-,29-,30?,31-,35+,40-,47?;21-,22+,23-,24?,25-,29+,34-,41?;5-/m110/s1. The van der Waals surface area contributed by atoms with Crippen molar-refractivity contribution < 1.29 is 95.3 Å². The Labute approximate surface area is 770 Å². The number of pyridine rings is 2. The van der Waals surface area contributed by atoms with Crippen molar-refractivity contribution in [3.8, 4) is 45.8 Å². The second-order valence-electron chi connectivity index (χ2n) is 38.5. The van der Waals surface area contributed by atoms with E-state index < -0.39 is 112 Å². The van der Waals surface area contributed by atoms with Gasteiger partial charge in [0.15, 0.2) is 11.4 Å². The van der Waals surface area contributed by atoms with Crippen molar-refractivity contribution in [1.82, 2.24) is 61.2 Å². The third kappa shape index (κ3) is 22.1. The van der Waals surface area contributed by atoms with Gasteiger partial charge >= 0.3 is 24.1 Å². The average molecular weight is 1860 g/mol. The number of methoxy groups -OCH3 is 3. The van der Waals surface area contributed by atoms with Gasteiger partial charge in [-0.25, -0.2) is 34.1 Å². The zero-order valence-corrected chi connectivity index (χ0v) is 78.3. The summed E-state index contributed by atoms with van der Waals surface area (Å²) in [6, 6.07) is 6.33. The molecule has 704 valence electrons. The van der Waals surface area contributed by atoms with E-state index in [4.69, 9.17) is 85.2 Å². The monoisotopic (exact) mass is 1860 g/mol. The molecule has 0 bridgehead atoms. The molecular formula is C93H122Cl2N14O20S. The maximum atomic E-state index is 14.9. The summed E-state index contributed by atoms with van der Waals surface area (Å²) in [5.74, 6) is -1.18. The molecule has 0 radical (unpaired) electrons. The molecule has 4 unspecified atom stereocenters. The Morgan fingerprint density at radius 1 is 0.615 bits per heavy atom. The van der Waals surface area contributed by atoms with E-state index in [1.54, 1.807) is 71.4 Å². The largest absolute Gasteiger partial charge is 0.491 e. The lowest BCUT2D eigenvalue weighted by Gasteiger charge is -2.35. The molecule has 8 heterocycles. The van der Waals surface area contributed by atoms with Crippen LogP contribution < -0.4 is 56.2 Å². The van der Waals surface area contributed by atoms with Gasteiger partial charge in [-0.2, -0.15) is 4.98 Å². The minimum absolute atomic E-state index is 0.0179. The number of ether oxygens (including phenoxy) is 9. The first kappa shape index (κ1) is 95.9. The average Bonchev–Trinajstić information content (AvgIpc) is 1.52. The maximum absolute atomic E-state index is 14.9. The number of nitrogens with zero attached hydrogens (tertiary/aromatic N) is 7. The fraction of sp³-hybridized carbons (Fsp3) is 0.602. The third-order valence-electron chi connectivity index (χ3n) is 26.1. The van der Waals surface area contributed by atoms with Crippen LogP contribution in [0.5, 0.6) is 23.0 Å². The van der Waals surface area contributed by atoms with Crippen LogP contribution in [-0.2, 0) is 57.2 Å². The number of likely N-dealkylation sites (tertiary alicyclic amines) is 3. The van der Waals surface area contributed by atoms with Crippen molar-refractivity contribution in [2.75, 3.05) is 91.0 Å². The van der Waals surface area contributed by atoms with Crippen LogP contribution in [0.3, 0.4) is 0 Å². The number of nitrogens with one attached hydrogen (secondary N) is 7. The predicted octanol–water partition coefficient (Wildman–Crippen LogP) is 11.8. The summed E-state index contributed by atoms with van der Waals surface area (Å²) in [4.78, 5) is 146. The molecule has 6 saturated carbocycles. The van der Waals surface area contributed by atoms with E-state index in [0.29, 0.717) is 111 Å². The summed E-state index contributed by atoms with van der Waals surface area (Å²) in [7, 11) is 4.76. The highest BCUT2D eigenvalue weighted by molar-refractivity contribution is 7.14. The number of thiazole rings is 1. The SMILES string of the molecule is C=C[C@@H]1CC1(NC(=O)[C@@H]1C[C@@H](Oc2cc(-c3coc(NC(C)C)n3)nc3c(Cl)c(OCC=O)ccc23)CN1C(=O)[C@@H](NC(=O)OC1C[C@@H]2C[C@@H]2C1)C(C)(C)C)C(=O)O.C=C[C@@H]1CC1(NC(=O)[C@@H]1C[C@@H](Oc2cc(-c3csc(NC(C)C)n3)nc3c(Cl)c(OCCN4CC[C@@H](OC)C4)ccc23)CN1C(=O)[C@@H](NC(=O)OC1C[C@@H]2C[C@@H]2C1)C(C)(C)C)C(=O)OC.CO[C@H]1CCNC1. The van der Waals surface area contributed by atoms with Crippen LogP contribution in [-0.4, -0.2) is 258 Å². The molecule has 6 aliphatic carbocycles. The number of aromatic nitrogens is 4. The van der Waals surface area contributed by atoms with E-state index in [1.165, 1.54) is 53.4 Å². The van der Waals surface area contributed by atoms with Crippen LogP contribution in [0.1, 0.15) is 146 Å². The quantitative estimate of drug-likeness (QED) is 0.00821. The van der Waals surface area contributed by atoms with Crippen LogP contribution in [0.25, 0.3) is 44.6 Å². The molecule has 8 N–H and O–H groups in total. The Balaban J connectivity index is 0.000000196. The second-order valence-corrected chi connectivity index (χ2v) is 40.1. The number of aliphatic carboxylic acids is 1. The van der Waals surface area contributed by atoms with Crippen LogP contribution in [0, 0.1) is 46.3 Å². The highest BCUT2D eigenvalue weighted by Crippen LogP contribution is 2.54. The summed E-state index contributed by atoms with van der Waals surface area (Å²) in [5, 5.41) is 35.1. The summed E-state index contributed by atoms with van der Waals surface area (Å²) in [6.45, 7) is 31.1. The summed E-state index contributed by atoms with van der Waals surface area (Å²) in [6.07, 6.45) is 10.7. The van der Waals surface area contributed by atoms with E-state index in [-0.39, 0.29) is 103 Å². The lowest BCUT2D eigenvalue weighted by Crippen LogP contribution is -2.59. The topological polar surface area (TPSA) is 416 Å². The van der Waals surface area contributed by atoms with E-state index >= 15 is 0 Å². The van der Waals surface area contributed by atoms with Gasteiger partial charge in [0.05, 0.1) is 54.8 Å². The summed E-state index contributed by atoms with van der Waals surface area (Å²) in [5.41, 5.74) is -1.99. The summed E-state index contributed by atoms with van der Waals surface area (Å²) < 4.78 is 58.2. The third-order valence-corrected chi connectivity index (χ3v) is 27.6. The summed E-state index contributed by atoms with van der Waals surface area (Å²) >= 11 is 15.4. The van der Waals surface area contributed by atoms with Gasteiger partial charge in [0, 0.05) is 105 Å². The number of oxazole rings is 1. The number of carbonyl (C=O) groups excluding carboxylic acids is 8. The number of hydrogen-bond acceptors (Lipinski definition) is 28. The molecule has 16 rings (SSSR count). The van der Waals surface area contributed by atoms with Gasteiger partial charge in [0.1, 0.15) is 124 Å². The Hall–Kier alpha value is -10.2. The molecule has 4 aromatic heterocycles. The zero-order valence-electron chi connectivity index (χ0n) is 76.0. The van der Waals surface area contributed by atoms with Gasteiger partial charge < -0.3 is 99.2 Å². The molecule has 0 spiro atoms. The van der Waals surface area contributed by atoms with Crippen LogP contribution >= 0.6 is 34.5 Å². The molecule has 10 aliphatic rings. The number of rotatable bonds is 33. The Morgan fingerprint density at radius 3 is 1.57 bits per heavy atom. The first-order chi connectivity index (χ1) is 61.9. The lowest BCUT2D eigenvalue weighted by atomic mass is 9.85. The number of carboxylic acid groups (broad SMARTS) is 1. The normalized spacial score (nSPS) is 27.2. The maximum Gasteiger partial charge on any atom is 0.408 e. The van der Waals surface area contributed by atoms with Crippen LogP contribution in [0.15, 0.2) is 77.8 Å². The molecule has 10 fully saturated rings. The second kappa shape index (κ2) is 40.1. The smallest absolute Gasteiger partial charge is 0.408 e. The number of aldehydes is 1. The number of carbonyl (C=O) groups is 9. The zero-order chi connectivity index (χ0) is 93.2. The van der Waals surface area contributed by atoms with E-state index in [9.17, 15) is 48.3 Å². The van der Waals surface area contributed by atoms with Gasteiger partial charge in [0.2, 0.25) is 23.6 Å². The molecule has 37 heteroatoms. The minimum atomic E-state index is -1.56. The molecule has 34 nitrogen and oxygen atoms in total. The van der Waals surface area contributed by atoms with Gasteiger partial charge in [0.25, 0.3) is 6.01 Å². The fourth-order valence-corrected chi connectivity index (χ4v) is 20.0. The molecular weight excluding hydrogens is 1740 g/mol. The highest BCUT2D eigenvalue weighted by atomic mass is 35.5.